The van der Waals surface area contributed by atoms with E-state index in [0.717, 1.165) is 9.80 Å². The van der Waals surface area contributed by atoms with Gasteiger partial charge in [0, 0.05) is 68.6 Å². The Kier molecular flexibility index (Phi) is 37.5. The molecular weight excluding hydrogens is 1590 g/mol. The maximum atomic E-state index is 14.8. The minimum Gasteiger partial charge on any atom is -0.508 e. The second-order valence-electron chi connectivity index (χ2n) is 31.3. The number of fused-ring (bicyclic) bond motifs is 1. The van der Waals surface area contributed by atoms with Gasteiger partial charge in [-0.25, -0.2) is 9.78 Å². The van der Waals surface area contributed by atoms with E-state index >= 15 is 0 Å². The molecule has 0 unspecified atom stereocenters. The Balaban J connectivity index is 1.15. The van der Waals surface area contributed by atoms with Gasteiger partial charge >= 0.3 is 11.9 Å². The number of phenols is 1. The zero-order valence-electron chi connectivity index (χ0n) is 68.6. The number of amides is 16. The lowest BCUT2D eigenvalue weighted by atomic mass is 9.99. The number of hydrogen-bond donors (Lipinski definition) is 23. The number of rotatable bonds is 49. The number of aromatic amines is 2. The number of guanidine groups is 1. The fourth-order valence-electron chi connectivity index (χ4n) is 14.0. The van der Waals surface area contributed by atoms with E-state index in [0.29, 0.717) is 28.5 Å². The van der Waals surface area contributed by atoms with Gasteiger partial charge in [-0.3, -0.25) is 86.9 Å². The summed E-state index contributed by atoms with van der Waals surface area (Å²) in [5.41, 5.74) is 30.0. The normalized spacial score (nSPS) is 16.4. The van der Waals surface area contributed by atoms with Gasteiger partial charge in [0.25, 0.3) is 0 Å². The van der Waals surface area contributed by atoms with Crippen molar-refractivity contribution in [1.82, 2.24) is 88.6 Å². The predicted molar refractivity (Wildman–Crippen MR) is 435 cm³/mol. The molecule has 44 nitrogen and oxygen atoms in total. The number of aliphatic carboxylic acids is 2. The molecule has 0 spiro atoms. The van der Waals surface area contributed by atoms with Gasteiger partial charge in [0.05, 0.1) is 43.9 Å². The standard InChI is InChI=1S/C78H113N23O21/c1-38(2)26-46(79)65(109)99-64(40(5)6)74(118)95-51(30-43-35-85-37-89-43)69(113)94-52(31-60(81)104)70(114)96-54(27-39(3)4)75(119)100-24-10-16-58(100)73(117)92-49(21-22-59(80)103)67(111)97-55(33-63(107)108)76(120)101-25-11-15-57(101)72(116)91-48(14-9-23-86-78(83)84)66(110)88-36-62(106)90-50(28-41-17-19-44(102)20-18-41)68(112)93-53(32-61(82)105)71(115)98-56(77(121)122)29-42-34-87-47-13-8-7-12-45(42)47/h7-8,12-13,17-20,34-35,37-40,46,48-58,64,87,102H,9-11,14-16,21-33,36,79H2,1-6H3,(H2,80,103)(H2,81,104)(H2,82,105)(H,85,89)(H,88,110)(H,90,106)(H,91,116)(H,92,117)(H,93,112)(H,94,113)(H,95,118)(H,96,114)(H,97,111)(H,98,115)(H,99,109)(H,107,108)(H,121,122)(H4,83,84,86)/t46-,48-,49-,50-,51-,52-,53-,54-,55-,56-,57-,58-,64-/m0/s1. The number of carboxylic acid groups (broad SMARTS) is 2. The third-order valence-electron chi connectivity index (χ3n) is 20.1. The molecule has 666 valence electrons. The lowest BCUT2D eigenvalue weighted by Gasteiger charge is -2.32. The summed E-state index contributed by atoms with van der Waals surface area (Å²) in [5.74, 6) is -20.7. The van der Waals surface area contributed by atoms with Crippen LogP contribution in [0.3, 0.4) is 0 Å². The molecule has 2 aliphatic rings. The van der Waals surface area contributed by atoms with E-state index in [-0.39, 0.29) is 107 Å². The fraction of sp³-hybridized carbons (Fsp3) is 0.538. The number of carbonyl (C=O) groups is 18. The molecule has 2 aromatic carbocycles. The topological polar surface area (TPSA) is 717 Å². The van der Waals surface area contributed by atoms with Crippen molar-refractivity contribution >= 4 is 123 Å². The Morgan fingerprint density at radius 2 is 1.04 bits per heavy atom. The number of hydrogen-bond acceptors (Lipinski definition) is 22. The summed E-state index contributed by atoms with van der Waals surface area (Å²) in [5, 5.41) is 68.4. The van der Waals surface area contributed by atoms with Gasteiger partial charge in [-0.1, -0.05) is 71.9 Å². The zero-order chi connectivity index (χ0) is 90.4. The summed E-state index contributed by atoms with van der Waals surface area (Å²) in [6, 6.07) is -7.89. The Hall–Kier alpha value is -13.3. The Labute approximate surface area is 701 Å². The van der Waals surface area contributed by atoms with Gasteiger partial charge in [-0.15, -0.1) is 0 Å². The van der Waals surface area contributed by atoms with E-state index in [4.69, 9.17) is 34.1 Å². The molecule has 2 fully saturated rings. The molecule has 4 aromatic rings. The Bertz CT molecular complexity index is 4420. The summed E-state index contributed by atoms with van der Waals surface area (Å²) < 4.78 is 0. The number of nitrogens with two attached hydrogens (primary N) is 5. The van der Waals surface area contributed by atoms with E-state index in [1.54, 1.807) is 58.2 Å². The highest BCUT2D eigenvalue weighted by Gasteiger charge is 2.44. The monoisotopic (exact) mass is 1710 g/mol. The maximum absolute atomic E-state index is 14.8. The van der Waals surface area contributed by atoms with Crippen LogP contribution in [0.25, 0.3) is 10.9 Å². The number of nitrogens with zero attached hydrogens (tertiary/aromatic N) is 3. The van der Waals surface area contributed by atoms with Crippen molar-refractivity contribution in [2.45, 2.75) is 223 Å². The summed E-state index contributed by atoms with van der Waals surface area (Å²) in [6.45, 7) is 9.16. The highest BCUT2D eigenvalue weighted by Crippen LogP contribution is 2.25. The SMILES string of the molecule is CC(C)C[C@H](NC(=O)[C@H](CC(N)=O)NC(=O)[C@H](Cc1c[nH]cn1)NC(=O)[C@@H](NC(=O)[C@@H](N)CC(C)C)C(C)C)C(=O)N1CCC[C@H]1C(=O)N[C@@H](CCC(N)=O)C(=O)N[C@@H](CC(=O)O)C(=O)N1CCC[C@H]1C(=O)N[C@@H](CCCNC(=N)N)C(=O)NCC(=O)N[C@@H](Cc1ccc(O)cc1)C(=O)N[C@@H](CC(N)=O)C(=O)N[C@@H](Cc1c[nH]c2ccccc12)C(=O)O. The number of H-pyrrole nitrogens is 2. The summed E-state index contributed by atoms with van der Waals surface area (Å²) in [4.78, 5) is 259. The average molecular weight is 1710 g/mol. The lowest BCUT2D eigenvalue weighted by molar-refractivity contribution is -0.146. The quantitative estimate of drug-likeness (QED) is 0.0111. The Morgan fingerprint density at radius 3 is 1.57 bits per heavy atom. The first-order valence-electron chi connectivity index (χ1n) is 39.9. The number of para-hydroxylation sites is 1. The largest absolute Gasteiger partial charge is 0.508 e. The molecule has 13 atom stereocenters. The highest BCUT2D eigenvalue weighted by atomic mass is 16.4. The number of likely N-dealkylation sites (tertiary alicyclic amines) is 2. The first kappa shape index (κ1) is 97.5. The molecule has 16 amide bonds. The van der Waals surface area contributed by atoms with Crippen molar-refractivity contribution in [3.63, 3.8) is 0 Å². The van der Waals surface area contributed by atoms with Crippen LogP contribution < -0.4 is 92.5 Å². The van der Waals surface area contributed by atoms with Crippen LogP contribution in [0.4, 0.5) is 0 Å². The predicted octanol–water partition coefficient (Wildman–Crippen LogP) is -5.51. The third-order valence-corrected chi connectivity index (χ3v) is 20.1. The van der Waals surface area contributed by atoms with Crippen LogP contribution in [0.5, 0.6) is 5.75 Å². The minimum atomic E-state index is -2.00. The first-order chi connectivity index (χ1) is 57.6. The van der Waals surface area contributed by atoms with Crippen molar-refractivity contribution in [1.29, 1.82) is 5.41 Å². The summed E-state index contributed by atoms with van der Waals surface area (Å²) in [6.07, 6.45) is -0.387. The number of imidazole rings is 1. The molecular formula is C78H113N23O21. The number of primary amides is 3. The van der Waals surface area contributed by atoms with Crippen LogP contribution in [0, 0.1) is 23.2 Å². The van der Waals surface area contributed by atoms with Gasteiger partial charge in [0.15, 0.2) is 5.96 Å². The van der Waals surface area contributed by atoms with Crippen LogP contribution in [0.15, 0.2) is 67.3 Å². The smallest absolute Gasteiger partial charge is 0.326 e. The fourth-order valence-corrected chi connectivity index (χ4v) is 14.0. The van der Waals surface area contributed by atoms with Crippen molar-refractivity contribution in [2.75, 3.05) is 26.2 Å². The molecule has 122 heavy (non-hydrogen) atoms. The minimum absolute atomic E-state index is 0.0130. The van der Waals surface area contributed by atoms with E-state index in [9.17, 15) is 102 Å². The molecule has 2 aliphatic heterocycles. The zero-order valence-corrected chi connectivity index (χ0v) is 68.6. The number of benzene rings is 2. The van der Waals surface area contributed by atoms with Crippen LogP contribution >= 0.6 is 0 Å². The average Bonchev–Trinajstić information content (AvgIpc) is 1.72. The van der Waals surface area contributed by atoms with E-state index in [1.165, 1.54) is 36.8 Å². The summed E-state index contributed by atoms with van der Waals surface area (Å²) >= 11 is 0. The van der Waals surface area contributed by atoms with Crippen molar-refractivity contribution in [2.24, 2.45) is 46.4 Å². The van der Waals surface area contributed by atoms with Gasteiger partial charge in [0.2, 0.25) is 94.5 Å². The molecule has 2 aromatic heterocycles. The molecule has 6 rings (SSSR count). The number of aromatic nitrogens is 3. The molecule has 2 saturated heterocycles. The van der Waals surface area contributed by atoms with Crippen molar-refractivity contribution < 1.29 is 102 Å². The molecule has 28 N–H and O–H groups in total. The first-order valence-corrected chi connectivity index (χ1v) is 39.9. The van der Waals surface area contributed by atoms with Crippen LogP contribution in [-0.4, -0.2) is 257 Å². The second-order valence-corrected chi connectivity index (χ2v) is 31.3. The van der Waals surface area contributed by atoms with Gasteiger partial charge in [-0.2, -0.15) is 0 Å². The van der Waals surface area contributed by atoms with Crippen LogP contribution in [0.2, 0.25) is 0 Å². The molecule has 0 saturated carbocycles. The van der Waals surface area contributed by atoms with Gasteiger partial charge in [-0.05, 0) is 105 Å². The van der Waals surface area contributed by atoms with Crippen molar-refractivity contribution in [3.8, 4) is 5.75 Å². The molecule has 44 heteroatoms. The molecule has 4 heterocycles. The van der Waals surface area contributed by atoms with Gasteiger partial charge in [0.1, 0.15) is 78.3 Å². The maximum Gasteiger partial charge on any atom is 0.326 e. The molecule has 0 bridgehead atoms. The van der Waals surface area contributed by atoms with Crippen LogP contribution in [0.1, 0.15) is 142 Å². The summed E-state index contributed by atoms with van der Waals surface area (Å²) in [7, 11) is 0. The molecule has 0 radical (unpaired) electrons. The van der Waals surface area contributed by atoms with Gasteiger partial charge < -0.3 is 128 Å². The number of carboxylic acids is 2. The number of carbonyl (C=O) groups excluding carboxylic acids is 16. The van der Waals surface area contributed by atoms with E-state index in [1.807, 2.05) is 13.8 Å². The van der Waals surface area contributed by atoms with E-state index in [2.05, 4.69) is 78.8 Å². The number of phenolic OH excluding ortho intramolecular Hbond substituents is 1. The second kappa shape index (κ2) is 46.9. The highest BCUT2D eigenvalue weighted by molar-refractivity contribution is 6.02. The van der Waals surface area contributed by atoms with Crippen molar-refractivity contribution in [3.05, 3.63) is 84.1 Å². The number of nitrogens with one attached hydrogen (secondary N) is 15. The lowest BCUT2D eigenvalue weighted by Crippen LogP contribution is -2.61. The van der Waals surface area contributed by atoms with Crippen LogP contribution in [-0.2, 0) is 106 Å². The van der Waals surface area contributed by atoms with E-state index < -0.39 is 236 Å². The molecule has 0 aliphatic carbocycles. The third kappa shape index (κ3) is 30.8. The Morgan fingerprint density at radius 1 is 0.525 bits per heavy atom. The number of aromatic hydroxyl groups is 1.